The van der Waals surface area contributed by atoms with Crippen LogP contribution in [0.2, 0.25) is 0 Å². The Hall–Kier alpha value is -6.72. The Morgan fingerprint density at radius 2 is 1.17 bits per heavy atom. The number of rotatable bonds is 15. The van der Waals surface area contributed by atoms with Gasteiger partial charge in [0.1, 0.15) is 23.7 Å². The topological polar surface area (TPSA) is 199 Å². The van der Waals surface area contributed by atoms with Crippen LogP contribution in [0, 0.1) is 0 Å². The fourth-order valence-corrected chi connectivity index (χ4v) is 10.6. The summed E-state index contributed by atoms with van der Waals surface area (Å²) in [6, 6.07) is 24.1. The van der Waals surface area contributed by atoms with E-state index in [1.165, 1.54) is 45.1 Å². The van der Waals surface area contributed by atoms with Crippen molar-refractivity contribution in [2.45, 2.75) is 127 Å². The third-order valence-corrected chi connectivity index (χ3v) is 14.9. The summed E-state index contributed by atoms with van der Waals surface area (Å²) in [5, 5.41) is 12.4. The van der Waals surface area contributed by atoms with E-state index in [1.807, 2.05) is 12.4 Å². The molecule has 3 aromatic carbocycles. The van der Waals surface area contributed by atoms with Crippen LogP contribution in [0.1, 0.15) is 126 Å². The number of anilines is 1. The molecule has 17 nitrogen and oxygen atoms in total. The standard InChI is InChI=1S/C54H69N9O8/c1-32(69-7)46(59-52(66)71-9)50(64)61-28-10-12-44(61)48-55-30-40(57-48)34-14-18-36(19-15-34)42-26-27-43(63(42)39-24-22-38(23-25-39)54(3,4)5)37-20-16-35(17-21-37)41-31-56-49(58-41)45-13-11-29-62(45)51(65)47(33(2)70-8)60(6)53(67)68/h14-25,30-33,42-47H,10-13,26-29H2,1-9H3,(H,55,57)(H,56,58)(H,59,66)(H,67,68)/t32?,33-,42+,43+,44-,45-,46+,47-/m0/s1. The molecule has 4 N–H and O–H groups in total. The lowest BCUT2D eigenvalue weighted by atomic mass is 9.87. The first-order chi connectivity index (χ1) is 34.0. The Morgan fingerprint density at radius 3 is 1.61 bits per heavy atom. The Kier molecular flexibility index (Phi) is 15.2. The molecule has 8 rings (SSSR count). The van der Waals surface area contributed by atoms with Gasteiger partial charge in [0.25, 0.3) is 0 Å². The summed E-state index contributed by atoms with van der Waals surface area (Å²) in [6.07, 6.45) is 5.48. The summed E-state index contributed by atoms with van der Waals surface area (Å²) in [4.78, 5) is 75.4. The summed E-state index contributed by atoms with van der Waals surface area (Å²) >= 11 is 0. The van der Waals surface area contributed by atoms with E-state index in [2.05, 4.69) is 114 Å². The monoisotopic (exact) mass is 972 g/mol. The van der Waals surface area contributed by atoms with Gasteiger partial charge in [-0.25, -0.2) is 19.6 Å². The molecular weight excluding hydrogens is 903 g/mol. The molecule has 3 saturated heterocycles. The van der Waals surface area contributed by atoms with E-state index in [1.54, 1.807) is 23.6 Å². The number of likely N-dealkylation sites (tertiary alicyclic amines) is 2. The van der Waals surface area contributed by atoms with Crippen LogP contribution in [-0.4, -0.2) is 130 Å². The number of likely N-dealkylation sites (N-methyl/N-ethyl adjacent to an activating group) is 1. The lowest BCUT2D eigenvalue weighted by Gasteiger charge is -2.34. The highest BCUT2D eigenvalue weighted by Gasteiger charge is 2.42. The van der Waals surface area contributed by atoms with Crippen molar-refractivity contribution >= 4 is 29.7 Å². The van der Waals surface area contributed by atoms with Crippen LogP contribution >= 0.6 is 0 Å². The fraction of sp³-hybridized carbons (Fsp3) is 0.481. The molecule has 8 atom stereocenters. The molecule has 2 aromatic heterocycles. The van der Waals surface area contributed by atoms with Gasteiger partial charge in [0.05, 0.1) is 67.3 Å². The maximum atomic E-state index is 13.9. The van der Waals surface area contributed by atoms with Crippen molar-refractivity contribution in [1.82, 2.24) is 40.0 Å². The third kappa shape index (κ3) is 10.5. The van der Waals surface area contributed by atoms with Crippen LogP contribution in [0.15, 0.2) is 85.2 Å². The number of aromatic amines is 2. The third-order valence-electron chi connectivity index (χ3n) is 14.9. The highest BCUT2D eigenvalue weighted by molar-refractivity contribution is 5.87. The molecule has 0 saturated carbocycles. The summed E-state index contributed by atoms with van der Waals surface area (Å²) in [5.41, 5.74) is 8.50. The lowest BCUT2D eigenvalue weighted by Crippen LogP contribution is -2.54. The average Bonchev–Trinajstić information content (AvgIpc) is 4.25. The summed E-state index contributed by atoms with van der Waals surface area (Å²) < 4.78 is 15.7. The minimum atomic E-state index is -1.19. The number of carbonyl (C=O) groups is 4. The number of hydrogen-bond acceptors (Lipinski definition) is 10. The zero-order valence-corrected chi connectivity index (χ0v) is 42.3. The van der Waals surface area contributed by atoms with Crippen LogP contribution in [0.3, 0.4) is 0 Å². The highest BCUT2D eigenvalue weighted by atomic mass is 16.5. The molecule has 5 heterocycles. The second-order valence-corrected chi connectivity index (χ2v) is 20.1. The van der Waals surface area contributed by atoms with Gasteiger partial charge >= 0.3 is 12.2 Å². The number of nitrogens with one attached hydrogen (secondary N) is 3. The van der Waals surface area contributed by atoms with Crippen LogP contribution in [0.4, 0.5) is 15.3 Å². The molecule has 0 radical (unpaired) electrons. The Balaban J connectivity index is 1.01. The van der Waals surface area contributed by atoms with Crippen molar-refractivity contribution in [2.75, 3.05) is 46.4 Å². The maximum Gasteiger partial charge on any atom is 0.407 e. The van der Waals surface area contributed by atoms with Crippen LogP contribution in [0.25, 0.3) is 22.5 Å². The van der Waals surface area contributed by atoms with E-state index in [9.17, 15) is 24.3 Å². The molecule has 3 fully saturated rings. The number of hydrogen-bond donors (Lipinski definition) is 4. The van der Waals surface area contributed by atoms with E-state index in [-0.39, 0.29) is 41.4 Å². The van der Waals surface area contributed by atoms with Crippen molar-refractivity contribution in [3.63, 3.8) is 0 Å². The zero-order chi connectivity index (χ0) is 50.7. The number of carbonyl (C=O) groups excluding carboxylic acids is 3. The van der Waals surface area contributed by atoms with Crippen molar-refractivity contribution in [3.05, 3.63) is 114 Å². The van der Waals surface area contributed by atoms with Crippen LogP contribution in [-0.2, 0) is 29.2 Å². The molecule has 378 valence electrons. The fourth-order valence-electron chi connectivity index (χ4n) is 10.6. The van der Waals surface area contributed by atoms with Gasteiger partial charge in [0.2, 0.25) is 11.8 Å². The van der Waals surface area contributed by atoms with Gasteiger partial charge in [-0.15, -0.1) is 0 Å². The molecule has 5 aromatic rings. The van der Waals surface area contributed by atoms with Crippen LogP contribution < -0.4 is 10.2 Å². The predicted octanol–water partition coefficient (Wildman–Crippen LogP) is 8.95. The SMILES string of the molecule is COC(=O)N[C@@H](C(=O)N1CCC[C@H]1c1ncc(-c2ccc([C@H]3CC[C@H](c4ccc(-c5cnc([C@@H]6CCCN6C(=O)[C@H]([C@H](C)OC)N(C)C(=O)O)[nH]5)cc4)N3c3ccc(C(C)(C)C)cc3)cc2)[nH]1)C(C)OC. The summed E-state index contributed by atoms with van der Waals surface area (Å²) in [7, 11) is 5.65. The molecule has 1 unspecified atom stereocenters. The molecule has 0 bridgehead atoms. The normalized spacial score (nSPS) is 20.9. The van der Waals surface area contributed by atoms with Gasteiger partial charge in [0.15, 0.2) is 0 Å². The summed E-state index contributed by atoms with van der Waals surface area (Å²) in [5.74, 6) is 0.821. The highest BCUT2D eigenvalue weighted by Crippen LogP contribution is 2.48. The molecule has 0 spiro atoms. The quantitative estimate of drug-likeness (QED) is 0.0781. The number of methoxy groups -OCH3 is 3. The van der Waals surface area contributed by atoms with E-state index >= 15 is 0 Å². The maximum absolute atomic E-state index is 13.9. The predicted molar refractivity (Wildman–Crippen MR) is 270 cm³/mol. The smallest absolute Gasteiger partial charge is 0.407 e. The van der Waals surface area contributed by atoms with E-state index in [0.717, 1.165) is 65.2 Å². The van der Waals surface area contributed by atoms with Gasteiger partial charge in [0, 0.05) is 40.0 Å². The molecule has 0 aliphatic carbocycles. The molecule has 3 aliphatic rings. The minimum absolute atomic E-state index is 0.0129. The molecule has 4 amide bonds. The van der Waals surface area contributed by atoms with Gasteiger partial charge in [-0.3, -0.25) is 14.5 Å². The lowest BCUT2D eigenvalue weighted by molar-refractivity contribution is -0.141. The van der Waals surface area contributed by atoms with E-state index in [4.69, 9.17) is 24.2 Å². The number of carboxylic acid groups (broad SMARTS) is 1. The van der Waals surface area contributed by atoms with Crippen molar-refractivity contribution in [2.24, 2.45) is 0 Å². The summed E-state index contributed by atoms with van der Waals surface area (Å²) in [6.45, 7) is 11.2. The number of ether oxygens (including phenoxy) is 3. The first-order valence-electron chi connectivity index (χ1n) is 24.7. The average molecular weight is 972 g/mol. The molecule has 3 aliphatic heterocycles. The molecular formula is C54H69N9O8. The number of alkyl carbamates (subject to hydrolysis) is 1. The number of H-pyrrole nitrogens is 2. The number of aromatic nitrogens is 4. The van der Waals surface area contributed by atoms with Crippen molar-refractivity contribution in [1.29, 1.82) is 0 Å². The van der Waals surface area contributed by atoms with Crippen LogP contribution in [0.5, 0.6) is 0 Å². The van der Waals surface area contributed by atoms with Gasteiger partial charge in [-0.1, -0.05) is 81.4 Å². The van der Waals surface area contributed by atoms with Gasteiger partial charge in [-0.2, -0.15) is 0 Å². The Morgan fingerprint density at radius 1 is 0.690 bits per heavy atom. The van der Waals surface area contributed by atoms with E-state index in [0.29, 0.717) is 31.2 Å². The number of nitrogens with zero attached hydrogens (tertiary/aromatic N) is 6. The first-order valence-corrected chi connectivity index (χ1v) is 24.7. The Labute approximate surface area is 416 Å². The second-order valence-electron chi connectivity index (χ2n) is 20.1. The van der Waals surface area contributed by atoms with E-state index < -0.39 is 36.5 Å². The number of benzene rings is 3. The Bertz CT molecular complexity index is 2640. The largest absolute Gasteiger partial charge is 0.465 e. The minimum Gasteiger partial charge on any atom is -0.465 e. The molecule has 71 heavy (non-hydrogen) atoms. The van der Waals surface area contributed by atoms with Crippen molar-refractivity contribution in [3.8, 4) is 22.5 Å². The van der Waals surface area contributed by atoms with Crippen molar-refractivity contribution < 1.29 is 38.5 Å². The molecule has 17 heteroatoms. The van der Waals surface area contributed by atoms with Gasteiger partial charge < -0.3 is 49.3 Å². The second kappa shape index (κ2) is 21.3. The van der Waals surface area contributed by atoms with Gasteiger partial charge in [-0.05, 0) is 97.7 Å². The number of imidazole rings is 2. The zero-order valence-electron chi connectivity index (χ0n) is 42.3. The first kappa shape index (κ1) is 50.7. The number of amides is 4.